The lowest BCUT2D eigenvalue weighted by atomic mass is 10.3. The van der Waals surface area contributed by atoms with E-state index in [9.17, 15) is 14.4 Å². The minimum absolute atomic E-state index is 0.230. The highest BCUT2D eigenvalue weighted by Gasteiger charge is 2.23. The highest BCUT2D eigenvalue weighted by atomic mass is 16.5. The molecule has 27 heavy (non-hydrogen) atoms. The molecular weight excluding hydrogens is 348 g/mol. The number of hydrogen-bond acceptors (Lipinski definition) is 5. The molecule has 0 radical (unpaired) electrons. The topological polar surface area (TPSA) is 93.7 Å². The Bertz CT molecular complexity index is 764. The van der Waals surface area contributed by atoms with E-state index < -0.39 is 29.9 Å². The second kappa shape index (κ2) is 9.96. The molecule has 0 spiro atoms. The quantitative estimate of drug-likeness (QED) is 0.695. The zero-order chi connectivity index (χ0) is 19.6. The van der Waals surface area contributed by atoms with Gasteiger partial charge in [0.2, 0.25) is 0 Å². The van der Waals surface area contributed by atoms with Crippen LogP contribution in [0.25, 0.3) is 0 Å². The van der Waals surface area contributed by atoms with Crippen molar-refractivity contribution >= 4 is 23.5 Å². The van der Waals surface area contributed by atoms with Gasteiger partial charge < -0.3 is 20.1 Å². The molecule has 2 atom stereocenters. The number of esters is 1. The lowest BCUT2D eigenvalue weighted by Gasteiger charge is -2.17. The number of amides is 2. The summed E-state index contributed by atoms with van der Waals surface area (Å²) in [6, 6.07) is 16.8. The number of carbonyl (C=O) groups excluding carboxylic acids is 3. The Morgan fingerprint density at radius 2 is 1.52 bits per heavy atom. The van der Waals surface area contributed by atoms with Gasteiger partial charge in [-0.25, -0.2) is 4.79 Å². The summed E-state index contributed by atoms with van der Waals surface area (Å²) in [5.41, 5.74) is 0.602. The van der Waals surface area contributed by atoms with Crippen molar-refractivity contribution in [2.24, 2.45) is 0 Å². The first kappa shape index (κ1) is 20.0. The molecule has 0 heterocycles. The van der Waals surface area contributed by atoms with Crippen molar-refractivity contribution in [2.45, 2.75) is 26.0 Å². The van der Waals surface area contributed by atoms with Crippen LogP contribution in [0.4, 0.5) is 5.69 Å². The molecule has 0 saturated carbocycles. The zero-order valence-electron chi connectivity index (χ0n) is 15.2. The van der Waals surface area contributed by atoms with Crippen molar-refractivity contribution in [3.63, 3.8) is 0 Å². The number of benzene rings is 2. The van der Waals surface area contributed by atoms with Crippen LogP contribution >= 0.6 is 0 Å². The normalized spacial score (nSPS) is 12.4. The summed E-state index contributed by atoms with van der Waals surface area (Å²) in [5.74, 6) is -1.09. The van der Waals surface area contributed by atoms with Crippen molar-refractivity contribution in [3.8, 4) is 5.75 Å². The van der Waals surface area contributed by atoms with Crippen LogP contribution < -0.4 is 15.4 Å². The summed E-state index contributed by atoms with van der Waals surface area (Å²) in [6.07, 6.45) is -1.00. The van der Waals surface area contributed by atoms with Crippen molar-refractivity contribution < 1.29 is 23.9 Å². The molecule has 7 nitrogen and oxygen atoms in total. The number of rotatable bonds is 8. The third kappa shape index (κ3) is 6.81. The highest BCUT2D eigenvalue weighted by Crippen LogP contribution is 2.08. The third-order valence-corrected chi connectivity index (χ3v) is 3.55. The van der Waals surface area contributed by atoms with E-state index >= 15 is 0 Å². The van der Waals surface area contributed by atoms with Crippen molar-refractivity contribution in [1.29, 1.82) is 0 Å². The first-order valence-corrected chi connectivity index (χ1v) is 8.49. The van der Waals surface area contributed by atoms with Gasteiger partial charge in [0.15, 0.2) is 12.7 Å². The van der Waals surface area contributed by atoms with E-state index in [-0.39, 0.29) is 6.61 Å². The summed E-state index contributed by atoms with van der Waals surface area (Å²) in [6.45, 7) is 2.71. The molecule has 142 valence electrons. The molecule has 2 aromatic carbocycles. The number of carbonyl (C=O) groups is 3. The van der Waals surface area contributed by atoms with E-state index in [0.717, 1.165) is 0 Å². The van der Waals surface area contributed by atoms with Gasteiger partial charge in [0, 0.05) is 5.69 Å². The number of anilines is 1. The van der Waals surface area contributed by atoms with Crippen LogP contribution in [-0.4, -0.2) is 36.5 Å². The van der Waals surface area contributed by atoms with E-state index in [1.54, 1.807) is 48.5 Å². The Hall–Kier alpha value is -3.35. The van der Waals surface area contributed by atoms with E-state index in [1.807, 2.05) is 12.1 Å². The zero-order valence-corrected chi connectivity index (χ0v) is 15.2. The van der Waals surface area contributed by atoms with Crippen LogP contribution in [-0.2, 0) is 19.1 Å². The fourth-order valence-electron chi connectivity index (χ4n) is 2.10. The van der Waals surface area contributed by atoms with Gasteiger partial charge in [0.05, 0.1) is 0 Å². The second-order valence-electron chi connectivity index (χ2n) is 5.83. The standard InChI is InChI=1S/C20H22N2O5/c1-14(21-18(23)13-26-17-11-7-4-8-12-17)20(25)27-15(2)19(24)22-16-9-5-3-6-10-16/h3-12,14-15H,13H2,1-2H3,(H,21,23)(H,22,24)/t14-,15+/m0/s1. The molecule has 0 aromatic heterocycles. The average molecular weight is 370 g/mol. The van der Waals surface area contributed by atoms with E-state index in [4.69, 9.17) is 9.47 Å². The summed E-state index contributed by atoms with van der Waals surface area (Å²) in [5, 5.41) is 5.12. The fraction of sp³-hybridized carbons (Fsp3) is 0.250. The van der Waals surface area contributed by atoms with Crippen LogP contribution in [0, 0.1) is 0 Å². The lowest BCUT2D eigenvalue weighted by Crippen LogP contribution is -2.44. The van der Waals surface area contributed by atoms with Gasteiger partial charge in [-0.1, -0.05) is 36.4 Å². The van der Waals surface area contributed by atoms with Crippen molar-refractivity contribution in [1.82, 2.24) is 5.32 Å². The van der Waals surface area contributed by atoms with E-state index in [2.05, 4.69) is 10.6 Å². The maximum atomic E-state index is 12.1. The van der Waals surface area contributed by atoms with Crippen molar-refractivity contribution in [2.75, 3.05) is 11.9 Å². The molecule has 7 heteroatoms. The summed E-state index contributed by atoms with van der Waals surface area (Å²) < 4.78 is 10.4. The van der Waals surface area contributed by atoms with Gasteiger partial charge in [-0.2, -0.15) is 0 Å². The Kier molecular flexibility index (Phi) is 7.37. The molecule has 0 unspecified atom stereocenters. The van der Waals surface area contributed by atoms with Crippen molar-refractivity contribution in [3.05, 3.63) is 60.7 Å². The third-order valence-electron chi connectivity index (χ3n) is 3.55. The van der Waals surface area contributed by atoms with Gasteiger partial charge in [-0.05, 0) is 38.1 Å². The fourth-order valence-corrected chi connectivity index (χ4v) is 2.10. The van der Waals surface area contributed by atoms with Crippen LogP contribution in [0.5, 0.6) is 5.75 Å². The molecule has 0 saturated heterocycles. The minimum Gasteiger partial charge on any atom is -0.484 e. The predicted octanol–water partition coefficient (Wildman–Crippen LogP) is 2.14. The summed E-state index contributed by atoms with van der Waals surface area (Å²) in [7, 11) is 0. The Balaban J connectivity index is 1.75. The van der Waals surface area contributed by atoms with Crippen LogP contribution in [0.2, 0.25) is 0 Å². The lowest BCUT2D eigenvalue weighted by molar-refractivity contribution is -0.155. The molecule has 0 fully saturated rings. The van der Waals surface area contributed by atoms with Gasteiger partial charge in [0.25, 0.3) is 11.8 Å². The summed E-state index contributed by atoms with van der Waals surface area (Å²) in [4.78, 5) is 36.0. The molecule has 2 aromatic rings. The highest BCUT2D eigenvalue weighted by molar-refractivity contribution is 5.95. The molecule has 2 rings (SSSR count). The Morgan fingerprint density at radius 1 is 0.926 bits per heavy atom. The average Bonchev–Trinajstić information content (AvgIpc) is 2.67. The monoisotopic (exact) mass is 370 g/mol. The number of para-hydroxylation sites is 2. The van der Waals surface area contributed by atoms with Gasteiger partial charge in [-0.3, -0.25) is 9.59 Å². The molecule has 0 aliphatic heterocycles. The summed E-state index contributed by atoms with van der Waals surface area (Å²) >= 11 is 0. The SMILES string of the molecule is C[C@H](NC(=O)COc1ccccc1)C(=O)O[C@H](C)C(=O)Nc1ccccc1. The number of nitrogens with one attached hydrogen (secondary N) is 2. The molecular formula is C20H22N2O5. The Labute approximate surface area is 157 Å². The molecule has 0 bridgehead atoms. The number of ether oxygens (including phenoxy) is 2. The van der Waals surface area contributed by atoms with Crippen LogP contribution in [0.3, 0.4) is 0 Å². The largest absolute Gasteiger partial charge is 0.484 e. The first-order valence-electron chi connectivity index (χ1n) is 8.49. The number of hydrogen-bond donors (Lipinski definition) is 2. The molecule has 0 aliphatic carbocycles. The maximum Gasteiger partial charge on any atom is 0.329 e. The van der Waals surface area contributed by atoms with Crippen LogP contribution in [0.15, 0.2) is 60.7 Å². The molecule has 0 aliphatic rings. The minimum atomic E-state index is -1.00. The van der Waals surface area contributed by atoms with E-state index in [0.29, 0.717) is 11.4 Å². The van der Waals surface area contributed by atoms with Gasteiger partial charge in [0.1, 0.15) is 11.8 Å². The second-order valence-corrected chi connectivity index (χ2v) is 5.83. The predicted molar refractivity (Wildman–Crippen MR) is 100 cm³/mol. The smallest absolute Gasteiger partial charge is 0.329 e. The first-order chi connectivity index (χ1) is 13.0. The Morgan fingerprint density at radius 3 is 2.15 bits per heavy atom. The molecule has 2 N–H and O–H groups in total. The maximum absolute atomic E-state index is 12.1. The van der Waals surface area contributed by atoms with E-state index in [1.165, 1.54) is 13.8 Å². The molecule has 2 amide bonds. The van der Waals surface area contributed by atoms with Gasteiger partial charge in [-0.15, -0.1) is 0 Å². The van der Waals surface area contributed by atoms with Gasteiger partial charge >= 0.3 is 5.97 Å². The van der Waals surface area contributed by atoms with Crippen LogP contribution in [0.1, 0.15) is 13.8 Å².